The first-order valence-corrected chi connectivity index (χ1v) is 12.4. The highest BCUT2D eigenvalue weighted by Crippen LogP contribution is 2.22. The van der Waals surface area contributed by atoms with Crippen molar-refractivity contribution < 1.29 is 9.59 Å². The fraction of sp³-hybridized carbons (Fsp3) is 0.310. The molecular formula is C29H34N4O2. The number of nitrogens with zero attached hydrogens (tertiary/aromatic N) is 1. The van der Waals surface area contributed by atoms with E-state index < -0.39 is 0 Å². The minimum absolute atomic E-state index is 0.106. The van der Waals surface area contributed by atoms with Gasteiger partial charge in [-0.1, -0.05) is 54.6 Å². The van der Waals surface area contributed by atoms with E-state index in [9.17, 15) is 9.59 Å². The molecule has 0 spiro atoms. The summed E-state index contributed by atoms with van der Waals surface area (Å²) in [6.45, 7) is 5.70. The fourth-order valence-electron chi connectivity index (χ4n) is 4.48. The highest BCUT2D eigenvalue weighted by atomic mass is 16.2. The van der Waals surface area contributed by atoms with Gasteiger partial charge in [0.25, 0.3) is 0 Å². The summed E-state index contributed by atoms with van der Waals surface area (Å²) in [5.41, 5.74) is 6.17. The number of nitrogens with one attached hydrogen (secondary N) is 3. The van der Waals surface area contributed by atoms with Gasteiger partial charge in [-0.3, -0.25) is 4.79 Å². The second-order valence-corrected chi connectivity index (χ2v) is 9.02. The first-order chi connectivity index (χ1) is 17.1. The lowest BCUT2D eigenvalue weighted by Gasteiger charge is -2.18. The number of carbonyl (C=O) groups excluding carboxylic acids is 2. The highest BCUT2D eigenvalue weighted by Gasteiger charge is 2.14. The van der Waals surface area contributed by atoms with Gasteiger partial charge >= 0.3 is 6.03 Å². The predicted molar refractivity (Wildman–Crippen MR) is 143 cm³/mol. The highest BCUT2D eigenvalue weighted by molar-refractivity contribution is 5.93. The van der Waals surface area contributed by atoms with Crippen LogP contribution in [0.2, 0.25) is 0 Å². The van der Waals surface area contributed by atoms with Crippen LogP contribution in [-0.4, -0.2) is 43.0 Å². The fourth-order valence-corrected chi connectivity index (χ4v) is 4.48. The van der Waals surface area contributed by atoms with Crippen LogP contribution in [-0.2, 0) is 11.2 Å². The normalized spacial score (nSPS) is 13.4. The van der Waals surface area contributed by atoms with Crippen LogP contribution in [0, 0.1) is 6.92 Å². The van der Waals surface area contributed by atoms with Gasteiger partial charge in [0.1, 0.15) is 0 Å². The largest absolute Gasteiger partial charge is 0.337 e. The van der Waals surface area contributed by atoms with Crippen molar-refractivity contribution >= 4 is 23.3 Å². The predicted octanol–water partition coefficient (Wildman–Crippen LogP) is 5.45. The number of amides is 3. The van der Waals surface area contributed by atoms with E-state index in [1.54, 1.807) is 0 Å². The van der Waals surface area contributed by atoms with Gasteiger partial charge in [-0.2, -0.15) is 0 Å². The molecule has 6 nitrogen and oxygen atoms in total. The molecule has 35 heavy (non-hydrogen) atoms. The van der Waals surface area contributed by atoms with Gasteiger partial charge in [-0.15, -0.1) is 0 Å². The molecule has 0 saturated carbocycles. The topological polar surface area (TPSA) is 73.5 Å². The molecule has 3 aromatic rings. The summed E-state index contributed by atoms with van der Waals surface area (Å²) in [7, 11) is 0. The van der Waals surface area contributed by atoms with Crippen molar-refractivity contribution in [2.45, 2.75) is 32.6 Å². The van der Waals surface area contributed by atoms with E-state index in [1.807, 2.05) is 66.7 Å². The smallest absolute Gasteiger partial charge is 0.319 e. The average Bonchev–Trinajstić information content (AvgIpc) is 3.38. The van der Waals surface area contributed by atoms with Crippen molar-refractivity contribution in [3.8, 4) is 11.1 Å². The van der Waals surface area contributed by atoms with Gasteiger partial charge in [0, 0.05) is 30.9 Å². The summed E-state index contributed by atoms with van der Waals surface area (Å²) in [6.07, 6.45) is 3.68. The SMILES string of the molecule is Cc1cccc(NC(=O)CCNC(=O)Nc2ccc(-c3ccccc3)cc2)c1CCN1CCCC1. The molecule has 3 amide bonds. The van der Waals surface area contributed by atoms with Crippen LogP contribution in [0.1, 0.15) is 30.4 Å². The summed E-state index contributed by atoms with van der Waals surface area (Å²) in [5, 5.41) is 8.63. The standard InChI is InChI=1S/C29H34N4O2/c1-22-8-7-11-27(26(22)17-21-33-19-5-6-20-33)32-28(34)16-18-30-29(35)31-25-14-12-24(13-15-25)23-9-3-2-4-10-23/h2-4,7-15H,5-6,16-21H2,1H3,(H,32,34)(H2,30,31,35). The lowest BCUT2D eigenvalue weighted by molar-refractivity contribution is -0.116. The quantitative estimate of drug-likeness (QED) is 0.389. The Morgan fingerprint density at radius 1 is 0.829 bits per heavy atom. The Kier molecular flexibility index (Phi) is 8.52. The Balaban J connectivity index is 1.22. The maximum Gasteiger partial charge on any atom is 0.319 e. The van der Waals surface area contributed by atoms with E-state index in [2.05, 4.69) is 33.8 Å². The Hall–Kier alpha value is -3.64. The number of hydrogen-bond acceptors (Lipinski definition) is 3. The molecule has 1 aliphatic rings. The summed E-state index contributed by atoms with van der Waals surface area (Å²) in [4.78, 5) is 27.3. The van der Waals surface area contributed by atoms with Crippen LogP contribution in [0.3, 0.4) is 0 Å². The lowest BCUT2D eigenvalue weighted by atomic mass is 10.0. The van der Waals surface area contributed by atoms with Gasteiger partial charge < -0.3 is 20.9 Å². The van der Waals surface area contributed by atoms with Gasteiger partial charge in [0.05, 0.1) is 0 Å². The van der Waals surface area contributed by atoms with E-state index in [-0.39, 0.29) is 24.9 Å². The van der Waals surface area contributed by atoms with Crippen molar-refractivity contribution in [2.24, 2.45) is 0 Å². The van der Waals surface area contributed by atoms with Gasteiger partial charge in [-0.05, 0) is 79.7 Å². The molecule has 1 aliphatic heterocycles. The molecule has 6 heteroatoms. The molecule has 4 rings (SSSR count). The van der Waals surface area contributed by atoms with Crippen molar-refractivity contribution in [2.75, 3.05) is 36.8 Å². The maximum atomic E-state index is 12.6. The van der Waals surface area contributed by atoms with E-state index in [4.69, 9.17) is 0 Å². The zero-order valence-electron chi connectivity index (χ0n) is 20.3. The van der Waals surface area contributed by atoms with E-state index in [0.29, 0.717) is 5.69 Å². The van der Waals surface area contributed by atoms with E-state index in [0.717, 1.165) is 29.8 Å². The van der Waals surface area contributed by atoms with E-state index >= 15 is 0 Å². The zero-order valence-corrected chi connectivity index (χ0v) is 20.3. The van der Waals surface area contributed by atoms with E-state index in [1.165, 1.54) is 37.1 Å². The third-order valence-electron chi connectivity index (χ3n) is 6.45. The average molecular weight is 471 g/mol. The monoisotopic (exact) mass is 470 g/mol. The molecule has 0 unspecified atom stereocenters. The van der Waals surface area contributed by atoms with Gasteiger partial charge in [-0.25, -0.2) is 4.79 Å². The van der Waals surface area contributed by atoms with Crippen LogP contribution in [0.5, 0.6) is 0 Å². The minimum Gasteiger partial charge on any atom is -0.337 e. The molecule has 1 heterocycles. The molecule has 0 aliphatic carbocycles. The lowest BCUT2D eigenvalue weighted by Crippen LogP contribution is -2.31. The molecular weight excluding hydrogens is 436 g/mol. The molecule has 3 aromatic carbocycles. The Labute approximate surface area is 207 Å². The molecule has 0 aromatic heterocycles. The van der Waals surface area contributed by atoms with Crippen LogP contribution in [0.25, 0.3) is 11.1 Å². The Morgan fingerprint density at radius 2 is 1.54 bits per heavy atom. The number of hydrogen-bond donors (Lipinski definition) is 3. The third kappa shape index (κ3) is 7.17. The number of rotatable bonds is 9. The molecule has 3 N–H and O–H groups in total. The number of benzene rings is 3. The maximum absolute atomic E-state index is 12.6. The summed E-state index contributed by atoms with van der Waals surface area (Å²) < 4.78 is 0. The van der Waals surface area contributed by atoms with Crippen molar-refractivity contribution in [1.82, 2.24) is 10.2 Å². The van der Waals surface area contributed by atoms with Crippen molar-refractivity contribution in [1.29, 1.82) is 0 Å². The number of anilines is 2. The molecule has 182 valence electrons. The Bertz CT molecular complexity index is 1120. The Morgan fingerprint density at radius 3 is 2.29 bits per heavy atom. The summed E-state index contributed by atoms with van der Waals surface area (Å²) >= 11 is 0. The number of likely N-dealkylation sites (tertiary alicyclic amines) is 1. The summed E-state index contributed by atoms with van der Waals surface area (Å²) in [5.74, 6) is -0.106. The number of urea groups is 1. The molecule has 0 radical (unpaired) electrons. The van der Waals surface area contributed by atoms with Gasteiger partial charge in [0.2, 0.25) is 5.91 Å². The number of aryl methyl sites for hydroxylation is 1. The molecule has 1 fully saturated rings. The van der Waals surface area contributed by atoms with Crippen LogP contribution >= 0.6 is 0 Å². The minimum atomic E-state index is -0.327. The third-order valence-corrected chi connectivity index (χ3v) is 6.45. The molecule has 1 saturated heterocycles. The van der Waals surface area contributed by atoms with Crippen molar-refractivity contribution in [3.05, 3.63) is 83.9 Å². The molecule has 0 atom stereocenters. The van der Waals surface area contributed by atoms with Crippen LogP contribution in [0.15, 0.2) is 72.8 Å². The summed E-state index contributed by atoms with van der Waals surface area (Å²) in [6, 6.07) is 23.5. The first kappa shape index (κ1) is 24.5. The van der Waals surface area contributed by atoms with Crippen LogP contribution in [0.4, 0.5) is 16.2 Å². The molecule has 0 bridgehead atoms. The second kappa shape index (κ2) is 12.2. The van der Waals surface area contributed by atoms with Crippen molar-refractivity contribution in [3.63, 3.8) is 0 Å². The zero-order chi connectivity index (χ0) is 24.5. The van der Waals surface area contributed by atoms with Gasteiger partial charge in [0.15, 0.2) is 0 Å². The number of carbonyl (C=O) groups is 2. The first-order valence-electron chi connectivity index (χ1n) is 12.4. The van der Waals surface area contributed by atoms with Crippen LogP contribution < -0.4 is 16.0 Å². The second-order valence-electron chi connectivity index (χ2n) is 9.02.